The van der Waals surface area contributed by atoms with Crippen LogP contribution in [0.1, 0.15) is 31.1 Å². The van der Waals surface area contributed by atoms with E-state index in [1.54, 1.807) is 26.0 Å². The van der Waals surface area contributed by atoms with Crippen molar-refractivity contribution in [1.29, 1.82) is 0 Å². The number of anilines is 1. The lowest BCUT2D eigenvalue weighted by Crippen LogP contribution is -2.49. The van der Waals surface area contributed by atoms with Crippen LogP contribution in [0.2, 0.25) is 5.02 Å². The van der Waals surface area contributed by atoms with Gasteiger partial charge in [0.2, 0.25) is 0 Å². The molecule has 2 amide bonds. The molecular weight excluding hydrogens is 320 g/mol. The van der Waals surface area contributed by atoms with Gasteiger partial charge in [-0.2, -0.15) is 0 Å². The van der Waals surface area contributed by atoms with E-state index in [-0.39, 0.29) is 17.6 Å². The molecule has 0 bridgehead atoms. The number of esters is 1. The van der Waals surface area contributed by atoms with Gasteiger partial charge < -0.3 is 20.1 Å². The molecule has 23 heavy (non-hydrogen) atoms. The van der Waals surface area contributed by atoms with Gasteiger partial charge in [-0.25, -0.2) is 9.59 Å². The first-order valence-electron chi connectivity index (χ1n) is 7.42. The van der Waals surface area contributed by atoms with Gasteiger partial charge >= 0.3 is 12.0 Å². The fourth-order valence-electron chi connectivity index (χ4n) is 2.04. The highest BCUT2D eigenvalue weighted by atomic mass is 35.5. The number of nitrogens with one attached hydrogen (secondary N) is 2. The van der Waals surface area contributed by atoms with Crippen molar-refractivity contribution in [2.45, 2.75) is 26.9 Å². The summed E-state index contributed by atoms with van der Waals surface area (Å²) in [6.07, 6.45) is -0.219. The van der Waals surface area contributed by atoms with Crippen LogP contribution < -0.4 is 10.6 Å². The number of carbonyl (C=O) groups is 2. The van der Waals surface area contributed by atoms with E-state index in [2.05, 4.69) is 10.6 Å². The first-order valence-corrected chi connectivity index (χ1v) is 7.80. The quantitative estimate of drug-likeness (QED) is 0.808. The van der Waals surface area contributed by atoms with E-state index in [1.807, 2.05) is 6.92 Å². The van der Waals surface area contributed by atoms with Gasteiger partial charge in [-0.05, 0) is 32.0 Å². The Kier molecular flexibility index (Phi) is 5.49. The summed E-state index contributed by atoms with van der Waals surface area (Å²) in [5.74, 6) is -0.459. The molecule has 0 radical (unpaired) electrons. The second kappa shape index (κ2) is 7.19. The molecule has 0 aliphatic carbocycles. The molecule has 2 N–H and O–H groups in total. The molecule has 1 fully saturated rings. The Hall–Kier alpha value is -1.79. The second-order valence-corrected chi connectivity index (χ2v) is 6.67. The van der Waals surface area contributed by atoms with Crippen LogP contribution in [0.15, 0.2) is 18.2 Å². The first kappa shape index (κ1) is 17.6. The second-order valence-electron chi connectivity index (χ2n) is 6.26. The minimum Gasteiger partial charge on any atom is -0.459 e. The van der Waals surface area contributed by atoms with Gasteiger partial charge in [-0.15, -0.1) is 0 Å². The smallest absolute Gasteiger partial charge is 0.338 e. The van der Waals surface area contributed by atoms with Crippen LogP contribution in [0.5, 0.6) is 0 Å². The molecule has 0 spiro atoms. The van der Waals surface area contributed by atoms with E-state index in [1.165, 1.54) is 6.07 Å². The predicted molar refractivity (Wildman–Crippen MR) is 88.0 cm³/mol. The van der Waals surface area contributed by atoms with Crippen molar-refractivity contribution >= 4 is 29.3 Å². The minimum atomic E-state index is -0.459. The maximum atomic E-state index is 12.0. The maximum Gasteiger partial charge on any atom is 0.338 e. The lowest BCUT2D eigenvalue weighted by atomic mass is 9.89. The molecule has 0 aromatic heterocycles. The number of benzene rings is 1. The molecule has 0 saturated carbocycles. The fourth-order valence-corrected chi connectivity index (χ4v) is 2.21. The number of ether oxygens (including phenoxy) is 2. The fraction of sp³-hybridized carbons (Fsp3) is 0.500. The first-order chi connectivity index (χ1) is 10.8. The highest BCUT2D eigenvalue weighted by molar-refractivity contribution is 6.33. The third-order valence-corrected chi connectivity index (χ3v) is 3.70. The number of amides is 2. The van der Waals surface area contributed by atoms with Gasteiger partial charge in [-0.1, -0.05) is 18.5 Å². The molecule has 0 atom stereocenters. The Bertz CT molecular complexity index is 600. The van der Waals surface area contributed by atoms with E-state index >= 15 is 0 Å². The number of hydrogen-bond acceptors (Lipinski definition) is 4. The maximum absolute atomic E-state index is 12.0. The van der Waals surface area contributed by atoms with Crippen molar-refractivity contribution in [1.82, 2.24) is 5.32 Å². The third kappa shape index (κ3) is 4.84. The number of carbonyl (C=O) groups excluding carboxylic acids is 2. The third-order valence-electron chi connectivity index (χ3n) is 3.37. The molecule has 1 aromatic carbocycles. The summed E-state index contributed by atoms with van der Waals surface area (Å²) in [6.45, 7) is 7.34. The Morgan fingerprint density at radius 2 is 2.09 bits per heavy atom. The average Bonchev–Trinajstić information content (AvgIpc) is 2.44. The summed E-state index contributed by atoms with van der Waals surface area (Å²) in [6, 6.07) is 4.23. The van der Waals surface area contributed by atoms with Crippen molar-refractivity contribution in [2.24, 2.45) is 5.41 Å². The van der Waals surface area contributed by atoms with E-state index < -0.39 is 5.97 Å². The zero-order valence-electron chi connectivity index (χ0n) is 13.4. The average molecular weight is 341 g/mol. The summed E-state index contributed by atoms with van der Waals surface area (Å²) < 4.78 is 10.3. The van der Waals surface area contributed by atoms with Crippen LogP contribution in [-0.4, -0.2) is 37.9 Å². The summed E-state index contributed by atoms with van der Waals surface area (Å²) in [5.41, 5.74) is 0.666. The summed E-state index contributed by atoms with van der Waals surface area (Å²) in [4.78, 5) is 23.9. The van der Waals surface area contributed by atoms with Crippen LogP contribution in [0, 0.1) is 5.41 Å². The van der Waals surface area contributed by atoms with Crippen molar-refractivity contribution in [2.75, 3.05) is 25.1 Å². The van der Waals surface area contributed by atoms with Crippen LogP contribution in [-0.2, 0) is 9.47 Å². The monoisotopic (exact) mass is 340 g/mol. The molecule has 1 saturated heterocycles. The SMILES string of the molecule is CC(C)OC(=O)c1ccc(Cl)c(NC(=O)NCC2(C)COC2)c1. The molecule has 0 unspecified atom stereocenters. The van der Waals surface area contributed by atoms with Gasteiger partial charge in [0.05, 0.1) is 35.6 Å². The largest absolute Gasteiger partial charge is 0.459 e. The van der Waals surface area contributed by atoms with Gasteiger partial charge in [0.15, 0.2) is 0 Å². The normalized spacial score (nSPS) is 15.7. The van der Waals surface area contributed by atoms with E-state index in [0.29, 0.717) is 36.0 Å². The lowest BCUT2D eigenvalue weighted by molar-refractivity contribution is -0.0974. The van der Waals surface area contributed by atoms with Crippen LogP contribution in [0.3, 0.4) is 0 Å². The minimum absolute atomic E-state index is 0.0238. The predicted octanol–water partition coefficient (Wildman–Crippen LogP) is 3.06. The zero-order chi connectivity index (χ0) is 17.0. The molecule has 1 aliphatic rings. The molecule has 1 heterocycles. The number of hydrogen-bond donors (Lipinski definition) is 2. The molecule has 1 aliphatic heterocycles. The van der Waals surface area contributed by atoms with Crippen LogP contribution >= 0.6 is 11.6 Å². The van der Waals surface area contributed by atoms with Gasteiger partial charge in [0.25, 0.3) is 0 Å². The molecular formula is C16H21ClN2O4. The zero-order valence-corrected chi connectivity index (χ0v) is 14.2. The molecule has 7 heteroatoms. The topological polar surface area (TPSA) is 76.7 Å². The Morgan fingerprint density at radius 1 is 1.39 bits per heavy atom. The summed E-state index contributed by atoms with van der Waals surface area (Å²) in [5, 5.41) is 5.77. The summed E-state index contributed by atoms with van der Waals surface area (Å²) >= 11 is 6.06. The Labute approximate surface area is 140 Å². The van der Waals surface area contributed by atoms with E-state index in [9.17, 15) is 9.59 Å². The number of halogens is 1. The van der Waals surface area contributed by atoms with E-state index in [4.69, 9.17) is 21.1 Å². The molecule has 6 nitrogen and oxygen atoms in total. The molecule has 2 rings (SSSR count). The lowest BCUT2D eigenvalue weighted by Gasteiger charge is -2.37. The van der Waals surface area contributed by atoms with Crippen molar-refractivity contribution < 1.29 is 19.1 Å². The van der Waals surface area contributed by atoms with Crippen LogP contribution in [0.4, 0.5) is 10.5 Å². The highest BCUT2D eigenvalue weighted by Gasteiger charge is 2.33. The van der Waals surface area contributed by atoms with Gasteiger partial charge in [0.1, 0.15) is 0 Å². The molecule has 1 aromatic rings. The van der Waals surface area contributed by atoms with Crippen LogP contribution in [0.25, 0.3) is 0 Å². The van der Waals surface area contributed by atoms with Crippen molar-refractivity contribution in [3.8, 4) is 0 Å². The van der Waals surface area contributed by atoms with Gasteiger partial charge in [-0.3, -0.25) is 0 Å². The van der Waals surface area contributed by atoms with Gasteiger partial charge in [0, 0.05) is 12.0 Å². The van der Waals surface area contributed by atoms with E-state index in [0.717, 1.165) is 0 Å². The van der Waals surface area contributed by atoms with Crippen molar-refractivity contribution in [3.05, 3.63) is 28.8 Å². The number of rotatable bonds is 5. The highest BCUT2D eigenvalue weighted by Crippen LogP contribution is 2.26. The van der Waals surface area contributed by atoms with Crippen molar-refractivity contribution in [3.63, 3.8) is 0 Å². The summed E-state index contributed by atoms with van der Waals surface area (Å²) in [7, 11) is 0. The molecule has 126 valence electrons. The number of urea groups is 1. The standard InChI is InChI=1S/C16H21ClN2O4/c1-10(2)23-14(20)11-4-5-12(17)13(6-11)19-15(21)18-7-16(3)8-22-9-16/h4-6,10H,7-9H2,1-3H3,(H2,18,19,21). The Morgan fingerprint density at radius 3 is 2.65 bits per heavy atom. The Balaban J connectivity index is 1.98.